The SMILES string of the molecule is CC(C)(C)C(=O)c1ccc(F)cc1.CC(C)(C)C(=O)c1ccccc1. The number of rotatable bonds is 2. The fraction of sp³-hybridized carbons (Fsp3) is 0.364. The molecule has 0 atom stereocenters. The lowest BCUT2D eigenvalue weighted by atomic mass is 9.86. The molecule has 0 radical (unpaired) electrons. The summed E-state index contributed by atoms with van der Waals surface area (Å²) in [6.07, 6.45) is 0. The Morgan fingerprint density at radius 3 is 1.36 bits per heavy atom. The van der Waals surface area contributed by atoms with Gasteiger partial charge in [-0.2, -0.15) is 0 Å². The van der Waals surface area contributed by atoms with Crippen LogP contribution in [0.2, 0.25) is 0 Å². The Morgan fingerprint density at radius 1 is 0.640 bits per heavy atom. The van der Waals surface area contributed by atoms with Crippen LogP contribution in [0.3, 0.4) is 0 Å². The zero-order chi connectivity index (χ0) is 19.3. The maximum atomic E-state index is 12.5. The molecule has 2 aromatic carbocycles. The van der Waals surface area contributed by atoms with Gasteiger partial charge in [-0.25, -0.2) is 4.39 Å². The largest absolute Gasteiger partial charge is 0.294 e. The second-order valence-corrected chi connectivity index (χ2v) is 8.03. The standard InChI is InChI=1S/C11H13FO.C11H14O/c1-11(2,3)10(13)8-4-6-9(12)7-5-8;1-11(2,3)10(12)9-7-5-4-6-8-9/h4-7H,1-3H3;4-8H,1-3H3. The lowest BCUT2D eigenvalue weighted by molar-refractivity contribution is 0.0852. The van der Waals surface area contributed by atoms with Gasteiger partial charge >= 0.3 is 0 Å². The number of halogens is 1. The van der Waals surface area contributed by atoms with Crippen molar-refractivity contribution in [2.45, 2.75) is 41.5 Å². The summed E-state index contributed by atoms with van der Waals surface area (Å²) in [6.45, 7) is 11.3. The third kappa shape index (κ3) is 6.61. The molecule has 134 valence electrons. The van der Waals surface area contributed by atoms with Crippen LogP contribution in [0.5, 0.6) is 0 Å². The molecule has 3 heteroatoms. The van der Waals surface area contributed by atoms with Crippen LogP contribution in [-0.2, 0) is 0 Å². The fourth-order valence-electron chi connectivity index (χ4n) is 2.06. The molecule has 0 aliphatic carbocycles. The van der Waals surface area contributed by atoms with Crippen LogP contribution in [-0.4, -0.2) is 11.6 Å². The Bertz CT molecular complexity index is 702. The minimum Gasteiger partial charge on any atom is -0.294 e. The van der Waals surface area contributed by atoms with Crippen LogP contribution >= 0.6 is 0 Å². The van der Waals surface area contributed by atoms with Gasteiger partial charge in [-0.15, -0.1) is 0 Å². The van der Waals surface area contributed by atoms with Gasteiger partial charge in [-0.3, -0.25) is 9.59 Å². The number of carbonyl (C=O) groups is 2. The molecule has 2 nitrogen and oxygen atoms in total. The van der Waals surface area contributed by atoms with Crippen molar-refractivity contribution in [3.63, 3.8) is 0 Å². The van der Waals surface area contributed by atoms with Crippen molar-refractivity contribution in [3.8, 4) is 0 Å². The second-order valence-electron chi connectivity index (χ2n) is 8.03. The first-order valence-corrected chi connectivity index (χ1v) is 8.33. The summed E-state index contributed by atoms with van der Waals surface area (Å²) >= 11 is 0. The summed E-state index contributed by atoms with van der Waals surface area (Å²) < 4.78 is 12.5. The lowest BCUT2D eigenvalue weighted by Crippen LogP contribution is -2.19. The first-order valence-electron chi connectivity index (χ1n) is 8.33. The van der Waals surface area contributed by atoms with Gasteiger partial charge in [0.15, 0.2) is 11.6 Å². The van der Waals surface area contributed by atoms with Crippen LogP contribution in [0.15, 0.2) is 54.6 Å². The predicted octanol–water partition coefficient (Wildman–Crippen LogP) is 5.97. The number of Topliss-reactive ketones (excluding diaryl/α,β-unsaturated/α-hetero) is 2. The molecule has 0 aliphatic rings. The molecule has 0 heterocycles. The third-order valence-corrected chi connectivity index (χ3v) is 3.50. The smallest absolute Gasteiger partial charge is 0.168 e. The van der Waals surface area contributed by atoms with Gasteiger partial charge in [0.05, 0.1) is 0 Å². The summed E-state index contributed by atoms with van der Waals surface area (Å²) in [7, 11) is 0. The molecule has 0 saturated carbocycles. The Balaban J connectivity index is 0.000000251. The van der Waals surface area contributed by atoms with Crippen molar-refractivity contribution in [1.29, 1.82) is 0 Å². The molecule has 2 aromatic rings. The van der Waals surface area contributed by atoms with E-state index in [0.29, 0.717) is 5.56 Å². The van der Waals surface area contributed by atoms with Gasteiger partial charge in [-0.1, -0.05) is 71.9 Å². The molecule has 0 amide bonds. The molecule has 25 heavy (non-hydrogen) atoms. The summed E-state index contributed by atoms with van der Waals surface area (Å²) in [5.74, 6) is -0.0824. The molecular formula is C22H27FO2. The predicted molar refractivity (Wildman–Crippen MR) is 100 cm³/mol. The number of benzene rings is 2. The minimum absolute atomic E-state index is 0.0347. The van der Waals surface area contributed by atoms with Crippen LogP contribution in [0.4, 0.5) is 4.39 Å². The van der Waals surface area contributed by atoms with E-state index in [1.807, 2.05) is 71.9 Å². The highest BCUT2D eigenvalue weighted by Crippen LogP contribution is 2.21. The third-order valence-electron chi connectivity index (χ3n) is 3.50. The van der Waals surface area contributed by atoms with E-state index in [0.717, 1.165) is 5.56 Å². The Labute approximate surface area is 150 Å². The highest BCUT2D eigenvalue weighted by Gasteiger charge is 2.23. The van der Waals surface area contributed by atoms with E-state index in [2.05, 4.69) is 0 Å². The van der Waals surface area contributed by atoms with Crippen LogP contribution < -0.4 is 0 Å². The molecule has 0 aromatic heterocycles. The van der Waals surface area contributed by atoms with Gasteiger partial charge < -0.3 is 0 Å². The van der Waals surface area contributed by atoms with Crippen LogP contribution in [0.1, 0.15) is 62.3 Å². The average molecular weight is 342 g/mol. The van der Waals surface area contributed by atoms with Crippen LogP contribution in [0.25, 0.3) is 0 Å². The van der Waals surface area contributed by atoms with Crippen molar-refractivity contribution in [2.24, 2.45) is 10.8 Å². The molecule has 0 bridgehead atoms. The number of hydrogen-bond donors (Lipinski definition) is 0. The summed E-state index contributed by atoms with van der Waals surface area (Å²) in [5, 5.41) is 0. The number of hydrogen-bond acceptors (Lipinski definition) is 2. The van der Waals surface area contributed by atoms with E-state index >= 15 is 0 Å². The summed E-state index contributed by atoms with van der Waals surface area (Å²) in [6, 6.07) is 15.0. The molecule has 0 N–H and O–H groups in total. The van der Waals surface area contributed by atoms with Gasteiger partial charge in [-0.05, 0) is 24.3 Å². The fourth-order valence-corrected chi connectivity index (χ4v) is 2.06. The molecule has 2 rings (SSSR count). The zero-order valence-electron chi connectivity index (χ0n) is 15.9. The molecule has 0 aliphatic heterocycles. The molecule has 0 fully saturated rings. The molecular weight excluding hydrogens is 315 g/mol. The van der Waals surface area contributed by atoms with Crippen molar-refractivity contribution in [2.75, 3.05) is 0 Å². The maximum Gasteiger partial charge on any atom is 0.168 e. The normalized spacial score (nSPS) is 11.3. The Hall–Kier alpha value is -2.29. The van der Waals surface area contributed by atoms with E-state index in [4.69, 9.17) is 0 Å². The Morgan fingerprint density at radius 2 is 1.00 bits per heavy atom. The molecule has 0 saturated heterocycles. The van der Waals surface area contributed by atoms with Crippen molar-refractivity contribution in [3.05, 3.63) is 71.5 Å². The quantitative estimate of drug-likeness (QED) is 0.630. The maximum absolute atomic E-state index is 12.5. The van der Waals surface area contributed by atoms with E-state index in [-0.39, 0.29) is 22.8 Å². The number of carbonyl (C=O) groups excluding carboxylic acids is 2. The van der Waals surface area contributed by atoms with Gasteiger partial charge in [0.2, 0.25) is 0 Å². The minimum atomic E-state index is -0.405. The van der Waals surface area contributed by atoms with E-state index in [1.165, 1.54) is 24.3 Å². The van der Waals surface area contributed by atoms with Crippen molar-refractivity contribution in [1.82, 2.24) is 0 Å². The zero-order valence-corrected chi connectivity index (χ0v) is 15.9. The van der Waals surface area contributed by atoms with Gasteiger partial charge in [0.1, 0.15) is 5.82 Å². The Kier molecular flexibility index (Phi) is 6.80. The topological polar surface area (TPSA) is 34.1 Å². The van der Waals surface area contributed by atoms with Gasteiger partial charge in [0.25, 0.3) is 0 Å². The van der Waals surface area contributed by atoms with E-state index in [9.17, 15) is 14.0 Å². The van der Waals surface area contributed by atoms with Crippen molar-refractivity contribution >= 4 is 11.6 Å². The first-order chi connectivity index (χ1) is 11.4. The summed E-state index contributed by atoms with van der Waals surface area (Å²) in [5.41, 5.74) is 0.679. The van der Waals surface area contributed by atoms with Crippen LogP contribution in [0, 0.1) is 16.6 Å². The van der Waals surface area contributed by atoms with E-state index < -0.39 is 5.41 Å². The lowest BCUT2D eigenvalue weighted by Gasteiger charge is -2.16. The monoisotopic (exact) mass is 342 g/mol. The highest BCUT2D eigenvalue weighted by atomic mass is 19.1. The van der Waals surface area contributed by atoms with Gasteiger partial charge in [0, 0.05) is 22.0 Å². The molecule has 0 spiro atoms. The average Bonchev–Trinajstić information content (AvgIpc) is 2.54. The van der Waals surface area contributed by atoms with E-state index in [1.54, 1.807) is 0 Å². The van der Waals surface area contributed by atoms with Crippen molar-refractivity contribution < 1.29 is 14.0 Å². The first kappa shape index (κ1) is 20.8. The molecule has 0 unspecified atom stereocenters. The summed E-state index contributed by atoms with van der Waals surface area (Å²) in [4.78, 5) is 23.3. The number of ketones is 2. The second kappa shape index (κ2) is 8.19. The highest BCUT2D eigenvalue weighted by molar-refractivity contribution is 6.00.